The van der Waals surface area contributed by atoms with Crippen LogP contribution in [0.4, 0.5) is 16.2 Å². The molecule has 2 rings (SSSR count). The van der Waals surface area contributed by atoms with E-state index in [1.807, 2.05) is 19.1 Å². The highest BCUT2D eigenvalue weighted by molar-refractivity contribution is 6.31. The Morgan fingerprint density at radius 2 is 1.54 bits per heavy atom. The number of rotatable bonds is 5. The summed E-state index contributed by atoms with van der Waals surface area (Å²) in [5, 5.41) is 8.39. The first kappa shape index (κ1) is 17.0. The molecule has 0 saturated heterocycles. The number of oxime groups is 1. The highest BCUT2D eigenvalue weighted by atomic mass is 16.7. The molecule has 0 heterocycles. The van der Waals surface area contributed by atoms with Crippen molar-refractivity contribution in [2.24, 2.45) is 5.16 Å². The van der Waals surface area contributed by atoms with Gasteiger partial charge in [0, 0.05) is 11.4 Å². The molecule has 124 valence electrons. The Kier molecular flexibility index (Phi) is 5.90. The predicted molar refractivity (Wildman–Crippen MR) is 91.4 cm³/mol. The molecule has 0 aromatic heterocycles. The van der Waals surface area contributed by atoms with Crippen LogP contribution in [0.3, 0.4) is 0 Å². The van der Waals surface area contributed by atoms with E-state index in [9.17, 15) is 9.59 Å². The monoisotopic (exact) mass is 327 g/mol. The van der Waals surface area contributed by atoms with Gasteiger partial charge in [-0.15, -0.1) is 0 Å². The van der Waals surface area contributed by atoms with Gasteiger partial charge in [-0.25, -0.2) is 4.79 Å². The second-order valence-corrected chi connectivity index (χ2v) is 4.82. The van der Waals surface area contributed by atoms with Crippen LogP contribution in [-0.4, -0.2) is 25.3 Å². The maximum Gasteiger partial charge on any atom is 0.437 e. The number of amides is 2. The molecule has 0 radical (unpaired) electrons. The average molecular weight is 327 g/mol. The summed E-state index contributed by atoms with van der Waals surface area (Å²) in [6.07, 6.45) is 0.0891. The summed E-state index contributed by atoms with van der Waals surface area (Å²) in [7, 11) is 1.55. The van der Waals surface area contributed by atoms with Crippen molar-refractivity contribution < 1.29 is 19.2 Å². The van der Waals surface area contributed by atoms with Crippen LogP contribution in [0, 0.1) is 6.92 Å². The molecule has 2 aromatic carbocycles. The van der Waals surface area contributed by atoms with Crippen molar-refractivity contribution in [3.05, 3.63) is 54.1 Å². The summed E-state index contributed by atoms with van der Waals surface area (Å²) in [6, 6.07) is 13.9. The third-order valence-corrected chi connectivity index (χ3v) is 2.96. The van der Waals surface area contributed by atoms with Crippen LogP contribution in [0.25, 0.3) is 0 Å². The Morgan fingerprint density at radius 3 is 2.17 bits per heavy atom. The van der Waals surface area contributed by atoms with Crippen LogP contribution < -0.4 is 15.4 Å². The smallest absolute Gasteiger partial charge is 0.437 e. The first-order chi connectivity index (χ1) is 11.6. The van der Waals surface area contributed by atoms with Gasteiger partial charge in [-0.3, -0.25) is 14.9 Å². The molecule has 7 heteroatoms. The quantitative estimate of drug-likeness (QED) is 0.501. The van der Waals surface area contributed by atoms with Crippen LogP contribution >= 0.6 is 0 Å². The molecule has 0 unspecified atom stereocenters. The number of hydrogen-bond donors (Lipinski definition) is 2. The number of methoxy groups -OCH3 is 1. The zero-order chi connectivity index (χ0) is 17.4. The number of aryl methyl sites for hydroxylation is 1. The Hall–Kier alpha value is -3.35. The molecule has 0 saturated carbocycles. The van der Waals surface area contributed by atoms with E-state index in [2.05, 4.69) is 20.6 Å². The summed E-state index contributed by atoms with van der Waals surface area (Å²) in [5.74, 6) is 0.154. The number of ether oxygens (including phenoxy) is 1. The molecule has 2 amide bonds. The second-order valence-electron chi connectivity index (χ2n) is 4.82. The molecule has 0 aliphatic carbocycles. The zero-order valence-corrected chi connectivity index (χ0v) is 13.3. The number of carbonyl (C=O) groups is 2. The predicted octanol–water partition coefficient (Wildman–Crippen LogP) is 3.18. The van der Waals surface area contributed by atoms with Crippen molar-refractivity contribution in [2.45, 2.75) is 6.92 Å². The van der Waals surface area contributed by atoms with Crippen LogP contribution in [0.1, 0.15) is 5.56 Å². The van der Waals surface area contributed by atoms with Crippen molar-refractivity contribution in [3.8, 4) is 5.75 Å². The van der Waals surface area contributed by atoms with Crippen molar-refractivity contribution in [1.82, 2.24) is 0 Å². The number of benzene rings is 2. The molecule has 7 nitrogen and oxygen atoms in total. The maximum atomic E-state index is 11.6. The molecule has 0 atom stereocenters. The molecular formula is C17H17N3O4. The minimum atomic E-state index is -0.785. The Balaban J connectivity index is 1.78. The Bertz CT molecular complexity index is 725. The summed E-state index contributed by atoms with van der Waals surface area (Å²) >= 11 is 0. The van der Waals surface area contributed by atoms with Gasteiger partial charge < -0.3 is 10.1 Å². The van der Waals surface area contributed by atoms with E-state index in [0.717, 1.165) is 11.8 Å². The van der Waals surface area contributed by atoms with E-state index in [4.69, 9.17) is 4.74 Å². The largest absolute Gasteiger partial charge is 0.497 e. The molecule has 0 fully saturated rings. The van der Waals surface area contributed by atoms with E-state index in [0.29, 0.717) is 17.1 Å². The van der Waals surface area contributed by atoms with E-state index in [-0.39, 0.29) is 0 Å². The first-order valence-electron chi connectivity index (χ1n) is 7.10. The normalized spacial score (nSPS) is 10.2. The molecule has 2 N–H and O–H groups in total. The Labute approximate surface area is 139 Å². The van der Waals surface area contributed by atoms with Crippen molar-refractivity contribution >= 4 is 29.6 Å². The minimum Gasteiger partial charge on any atom is -0.497 e. The lowest BCUT2D eigenvalue weighted by atomic mass is 10.2. The highest BCUT2D eigenvalue weighted by Crippen LogP contribution is 2.14. The first-order valence-corrected chi connectivity index (χ1v) is 7.10. The van der Waals surface area contributed by atoms with Crippen LogP contribution in [-0.2, 0) is 9.63 Å². The van der Waals surface area contributed by atoms with Gasteiger partial charge >= 0.3 is 6.09 Å². The number of nitrogens with one attached hydrogen (secondary N) is 2. The van der Waals surface area contributed by atoms with Gasteiger partial charge in [0.25, 0.3) is 5.91 Å². The summed E-state index contributed by atoms with van der Waals surface area (Å²) < 4.78 is 5.02. The van der Waals surface area contributed by atoms with Gasteiger partial charge in [0.15, 0.2) is 0 Å². The third kappa shape index (κ3) is 5.45. The number of carbonyl (C=O) groups excluding carboxylic acids is 2. The molecule has 0 aliphatic rings. The number of anilines is 2. The van der Waals surface area contributed by atoms with Gasteiger partial charge in [0.1, 0.15) is 12.0 Å². The summed E-state index contributed by atoms with van der Waals surface area (Å²) in [5.41, 5.74) is 2.21. The van der Waals surface area contributed by atoms with Crippen molar-refractivity contribution in [1.29, 1.82) is 0 Å². The van der Waals surface area contributed by atoms with Gasteiger partial charge in [-0.1, -0.05) is 22.9 Å². The van der Waals surface area contributed by atoms with Crippen LogP contribution in [0.15, 0.2) is 53.7 Å². The fourth-order valence-corrected chi connectivity index (χ4v) is 1.75. The fourth-order valence-electron chi connectivity index (χ4n) is 1.75. The van der Waals surface area contributed by atoms with Gasteiger partial charge in [-0.2, -0.15) is 0 Å². The molecule has 24 heavy (non-hydrogen) atoms. The molecule has 0 spiro atoms. The number of nitrogens with zero attached hydrogens (tertiary/aromatic N) is 1. The van der Waals surface area contributed by atoms with E-state index in [1.165, 1.54) is 0 Å². The molecule has 2 aromatic rings. The standard InChI is InChI=1S/C17H17N3O4/c1-12-3-5-14(6-4-12)20-17(22)24-18-11-16(21)19-13-7-9-15(23-2)10-8-13/h3-11H,1-2H3,(H,19,21)(H,20,22)/b18-11+. The minimum absolute atomic E-state index is 0.525. The van der Waals surface area contributed by atoms with Gasteiger partial charge in [0.05, 0.1) is 7.11 Å². The lowest BCUT2D eigenvalue weighted by Crippen LogP contribution is -2.15. The molecule has 0 aliphatic heterocycles. The highest BCUT2D eigenvalue weighted by Gasteiger charge is 2.03. The lowest BCUT2D eigenvalue weighted by molar-refractivity contribution is -0.110. The second kappa shape index (κ2) is 8.33. The van der Waals surface area contributed by atoms with Crippen LogP contribution in [0.5, 0.6) is 5.75 Å². The van der Waals surface area contributed by atoms with E-state index in [1.54, 1.807) is 43.5 Å². The SMILES string of the molecule is COc1ccc(NC(=O)/C=N/OC(=O)Nc2ccc(C)cc2)cc1. The van der Waals surface area contributed by atoms with Gasteiger partial charge in [-0.05, 0) is 43.3 Å². The van der Waals surface area contributed by atoms with Crippen molar-refractivity contribution in [2.75, 3.05) is 17.7 Å². The van der Waals surface area contributed by atoms with Crippen LogP contribution in [0.2, 0.25) is 0 Å². The summed E-state index contributed by atoms with van der Waals surface area (Å²) in [4.78, 5) is 27.7. The number of hydrogen-bond acceptors (Lipinski definition) is 5. The Morgan fingerprint density at radius 1 is 0.958 bits per heavy atom. The average Bonchev–Trinajstić information content (AvgIpc) is 2.57. The zero-order valence-electron chi connectivity index (χ0n) is 13.3. The third-order valence-electron chi connectivity index (χ3n) is 2.96. The van der Waals surface area contributed by atoms with Gasteiger partial charge in [0.2, 0.25) is 0 Å². The topological polar surface area (TPSA) is 89.0 Å². The maximum absolute atomic E-state index is 11.6. The fraction of sp³-hybridized carbons (Fsp3) is 0.118. The van der Waals surface area contributed by atoms with E-state index >= 15 is 0 Å². The van der Waals surface area contributed by atoms with Crippen molar-refractivity contribution in [3.63, 3.8) is 0 Å². The molecule has 0 bridgehead atoms. The van der Waals surface area contributed by atoms with E-state index < -0.39 is 12.0 Å². The lowest BCUT2D eigenvalue weighted by Gasteiger charge is -2.04. The molecular weight excluding hydrogens is 310 g/mol. The summed E-state index contributed by atoms with van der Waals surface area (Å²) in [6.45, 7) is 1.94.